The van der Waals surface area contributed by atoms with Gasteiger partial charge in [-0.05, 0) is 59.7 Å². The average Bonchev–Trinajstić information content (AvgIpc) is 2.91. The summed E-state index contributed by atoms with van der Waals surface area (Å²) in [5.74, 6) is 0.640. The van der Waals surface area contributed by atoms with E-state index < -0.39 is 0 Å². The van der Waals surface area contributed by atoms with Gasteiger partial charge < -0.3 is 5.73 Å². The Morgan fingerprint density at radius 2 is 1.90 bits per heavy atom. The summed E-state index contributed by atoms with van der Waals surface area (Å²) in [4.78, 5) is 0. The number of aromatic nitrogens is 4. The lowest BCUT2D eigenvalue weighted by molar-refractivity contribution is 0.787. The highest BCUT2D eigenvalue weighted by Gasteiger charge is 2.15. The van der Waals surface area contributed by atoms with Crippen LogP contribution in [0.5, 0.6) is 0 Å². The number of rotatable bonds is 2. The van der Waals surface area contributed by atoms with Gasteiger partial charge in [0.15, 0.2) is 5.82 Å². The molecule has 106 valence electrons. The molecule has 1 aromatic heterocycles. The van der Waals surface area contributed by atoms with Gasteiger partial charge in [-0.15, -0.1) is 5.10 Å². The lowest BCUT2D eigenvalue weighted by atomic mass is 10.1. The van der Waals surface area contributed by atoms with Gasteiger partial charge in [0.25, 0.3) is 0 Å². The highest BCUT2D eigenvalue weighted by atomic mass is 79.9. The van der Waals surface area contributed by atoms with E-state index >= 15 is 0 Å². The molecule has 0 radical (unpaired) electrons. The molecule has 0 aliphatic rings. The van der Waals surface area contributed by atoms with Crippen molar-refractivity contribution in [1.29, 1.82) is 0 Å². The molecule has 0 atom stereocenters. The molecular weight excluding hydrogens is 330 g/mol. The van der Waals surface area contributed by atoms with Crippen molar-refractivity contribution < 1.29 is 0 Å². The maximum Gasteiger partial charge on any atom is 0.189 e. The van der Waals surface area contributed by atoms with E-state index in [0.29, 0.717) is 11.5 Å². The van der Waals surface area contributed by atoms with Crippen LogP contribution in [0, 0.1) is 13.8 Å². The SMILES string of the molecule is Cc1cc(Br)ccc1-n1nnnc1-c1cccc(C)c1N. The Bertz CT molecular complexity index is 810. The van der Waals surface area contributed by atoms with Crippen LogP contribution in [0.1, 0.15) is 11.1 Å². The fraction of sp³-hybridized carbons (Fsp3) is 0.133. The van der Waals surface area contributed by atoms with Crippen molar-refractivity contribution in [2.75, 3.05) is 5.73 Å². The smallest absolute Gasteiger partial charge is 0.189 e. The predicted octanol–water partition coefficient (Wildman–Crippen LogP) is 3.29. The molecule has 0 amide bonds. The molecule has 2 N–H and O–H groups in total. The minimum Gasteiger partial charge on any atom is -0.398 e. The molecule has 5 nitrogen and oxygen atoms in total. The van der Waals surface area contributed by atoms with E-state index in [4.69, 9.17) is 5.73 Å². The molecular formula is C15H14BrN5. The first-order chi connectivity index (χ1) is 10.1. The lowest BCUT2D eigenvalue weighted by Crippen LogP contribution is -2.04. The van der Waals surface area contributed by atoms with E-state index in [9.17, 15) is 0 Å². The molecule has 2 aromatic carbocycles. The molecule has 21 heavy (non-hydrogen) atoms. The minimum absolute atomic E-state index is 0.640. The van der Waals surface area contributed by atoms with E-state index in [-0.39, 0.29) is 0 Å². The monoisotopic (exact) mass is 343 g/mol. The number of anilines is 1. The van der Waals surface area contributed by atoms with Gasteiger partial charge in [-0.1, -0.05) is 28.1 Å². The summed E-state index contributed by atoms with van der Waals surface area (Å²) in [6.45, 7) is 3.99. The number of hydrogen-bond acceptors (Lipinski definition) is 4. The summed E-state index contributed by atoms with van der Waals surface area (Å²) >= 11 is 3.46. The standard InChI is InChI=1S/C15H14BrN5/c1-9-4-3-5-12(14(9)17)15-18-19-20-21(15)13-7-6-11(16)8-10(13)2/h3-8H,17H2,1-2H3. The molecule has 0 bridgehead atoms. The van der Waals surface area contributed by atoms with E-state index in [1.165, 1.54) is 0 Å². The van der Waals surface area contributed by atoms with Gasteiger partial charge in [-0.25, -0.2) is 0 Å². The number of nitrogens with two attached hydrogens (primary N) is 1. The first kappa shape index (κ1) is 13.8. The van der Waals surface area contributed by atoms with Crippen molar-refractivity contribution in [3.63, 3.8) is 0 Å². The predicted molar refractivity (Wildman–Crippen MR) is 86.2 cm³/mol. The van der Waals surface area contributed by atoms with Gasteiger partial charge in [0.2, 0.25) is 0 Å². The molecule has 3 aromatic rings. The fourth-order valence-electron chi connectivity index (χ4n) is 2.25. The van der Waals surface area contributed by atoms with Crippen molar-refractivity contribution in [2.24, 2.45) is 0 Å². The minimum atomic E-state index is 0.640. The maximum absolute atomic E-state index is 6.17. The zero-order chi connectivity index (χ0) is 15.0. The van der Waals surface area contributed by atoms with Crippen molar-refractivity contribution in [3.05, 3.63) is 52.0 Å². The van der Waals surface area contributed by atoms with Crippen LogP contribution in [0.15, 0.2) is 40.9 Å². The first-order valence-electron chi connectivity index (χ1n) is 6.48. The van der Waals surface area contributed by atoms with Crippen LogP contribution in [0.3, 0.4) is 0 Å². The Morgan fingerprint density at radius 3 is 2.67 bits per heavy atom. The quantitative estimate of drug-likeness (QED) is 0.725. The molecule has 6 heteroatoms. The third-order valence-corrected chi connectivity index (χ3v) is 3.91. The Kier molecular flexibility index (Phi) is 3.47. The summed E-state index contributed by atoms with van der Waals surface area (Å²) in [5, 5.41) is 12.1. The summed E-state index contributed by atoms with van der Waals surface area (Å²) in [5.41, 5.74) is 10.7. The topological polar surface area (TPSA) is 69.6 Å². The second-order valence-electron chi connectivity index (χ2n) is 4.88. The van der Waals surface area contributed by atoms with Crippen LogP contribution < -0.4 is 5.73 Å². The number of aryl methyl sites for hydroxylation is 2. The van der Waals surface area contributed by atoms with Crippen LogP contribution in [0.4, 0.5) is 5.69 Å². The van der Waals surface area contributed by atoms with Gasteiger partial charge in [0.05, 0.1) is 5.69 Å². The first-order valence-corrected chi connectivity index (χ1v) is 7.27. The zero-order valence-electron chi connectivity index (χ0n) is 11.7. The van der Waals surface area contributed by atoms with Gasteiger partial charge in [-0.3, -0.25) is 0 Å². The van der Waals surface area contributed by atoms with Crippen molar-refractivity contribution >= 4 is 21.6 Å². The van der Waals surface area contributed by atoms with Gasteiger partial charge in [0.1, 0.15) is 0 Å². The largest absolute Gasteiger partial charge is 0.398 e. The fourth-order valence-corrected chi connectivity index (χ4v) is 2.73. The molecule has 0 fully saturated rings. The van der Waals surface area contributed by atoms with Crippen molar-refractivity contribution in [2.45, 2.75) is 13.8 Å². The van der Waals surface area contributed by atoms with E-state index in [2.05, 4.69) is 31.5 Å². The van der Waals surface area contributed by atoms with Crippen LogP contribution in [0.2, 0.25) is 0 Å². The normalized spacial score (nSPS) is 10.8. The molecule has 0 saturated heterocycles. The maximum atomic E-state index is 6.17. The van der Waals surface area contributed by atoms with E-state index in [0.717, 1.165) is 26.9 Å². The number of nitrogen functional groups attached to an aromatic ring is 1. The summed E-state index contributed by atoms with van der Waals surface area (Å²) in [6.07, 6.45) is 0. The van der Waals surface area contributed by atoms with Gasteiger partial charge in [0, 0.05) is 15.7 Å². The molecule has 0 spiro atoms. The highest BCUT2D eigenvalue weighted by Crippen LogP contribution is 2.29. The third-order valence-electron chi connectivity index (χ3n) is 3.42. The molecule has 0 saturated carbocycles. The number of benzene rings is 2. The molecule has 0 aliphatic heterocycles. The number of para-hydroxylation sites is 1. The summed E-state index contributed by atoms with van der Waals surface area (Å²) in [6, 6.07) is 11.8. The summed E-state index contributed by atoms with van der Waals surface area (Å²) < 4.78 is 2.74. The third kappa shape index (κ3) is 2.42. The molecule has 0 aliphatic carbocycles. The van der Waals surface area contributed by atoms with Crippen LogP contribution in [0.25, 0.3) is 17.1 Å². The molecule has 3 rings (SSSR count). The number of nitrogens with zero attached hydrogens (tertiary/aromatic N) is 4. The lowest BCUT2D eigenvalue weighted by Gasteiger charge is -2.10. The van der Waals surface area contributed by atoms with Gasteiger partial charge in [-0.2, -0.15) is 4.68 Å². The Balaban J connectivity index is 2.20. The van der Waals surface area contributed by atoms with Crippen LogP contribution >= 0.6 is 15.9 Å². The van der Waals surface area contributed by atoms with Crippen molar-refractivity contribution in [3.8, 4) is 17.1 Å². The Hall–Kier alpha value is -2.21. The second-order valence-corrected chi connectivity index (χ2v) is 5.80. The Morgan fingerprint density at radius 1 is 1.10 bits per heavy atom. The van der Waals surface area contributed by atoms with Crippen LogP contribution in [-0.4, -0.2) is 20.2 Å². The second kappa shape index (κ2) is 5.29. The molecule has 0 unspecified atom stereocenters. The van der Waals surface area contributed by atoms with E-state index in [1.54, 1.807) is 4.68 Å². The van der Waals surface area contributed by atoms with Gasteiger partial charge >= 0.3 is 0 Å². The number of tetrazole rings is 1. The van der Waals surface area contributed by atoms with E-state index in [1.807, 2.05) is 50.2 Å². The van der Waals surface area contributed by atoms with Crippen molar-refractivity contribution in [1.82, 2.24) is 20.2 Å². The average molecular weight is 344 g/mol. The number of hydrogen-bond donors (Lipinski definition) is 1. The van der Waals surface area contributed by atoms with Crippen LogP contribution in [-0.2, 0) is 0 Å². The molecule has 1 heterocycles. The number of halogens is 1. The highest BCUT2D eigenvalue weighted by molar-refractivity contribution is 9.10. The zero-order valence-corrected chi connectivity index (χ0v) is 13.3. The summed E-state index contributed by atoms with van der Waals surface area (Å²) in [7, 11) is 0. The Labute approximate surface area is 130 Å².